The van der Waals surface area contributed by atoms with Crippen LogP contribution in [0.25, 0.3) is 10.9 Å². The third kappa shape index (κ3) is 2.87. The normalized spacial score (nSPS) is 13.1. The molecule has 0 bridgehead atoms. The molecule has 1 unspecified atom stereocenters. The van der Waals surface area contributed by atoms with Gasteiger partial charge in [0.2, 0.25) is 0 Å². The summed E-state index contributed by atoms with van der Waals surface area (Å²) in [6.45, 7) is 3.55. The Labute approximate surface area is 102 Å². The smallest absolute Gasteiger partial charge is 0.0622 e. The molecule has 0 saturated heterocycles. The number of H-pyrrole nitrogens is 1. The minimum Gasteiger partial charge on any atom is -0.380 e. The highest BCUT2D eigenvalue weighted by Crippen LogP contribution is 2.19. The van der Waals surface area contributed by atoms with Gasteiger partial charge >= 0.3 is 0 Å². The first-order chi connectivity index (χ1) is 8.35. The highest BCUT2D eigenvalue weighted by Gasteiger charge is 2.10. The van der Waals surface area contributed by atoms with Gasteiger partial charge in [0, 0.05) is 29.7 Å². The van der Waals surface area contributed by atoms with Crippen LogP contribution in [0.15, 0.2) is 30.5 Å². The van der Waals surface area contributed by atoms with Crippen molar-refractivity contribution in [2.75, 3.05) is 20.3 Å². The largest absolute Gasteiger partial charge is 0.380 e. The zero-order valence-corrected chi connectivity index (χ0v) is 10.5. The number of rotatable bonds is 6. The van der Waals surface area contributed by atoms with E-state index in [0.29, 0.717) is 6.04 Å². The van der Waals surface area contributed by atoms with E-state index >= 15 is 0 Å². The molecule has 92 valence electrons. The quantitative estimate of drug-likeness (QED) is 0.802. The zero-order chi connectivity index (χ0) is 12.1. The predicted octanol–water partition coefficient (Wildman–Crippen LogP) is 2.33. The Morgan fingerprint density at radius 1 is 1.35 bits per heavy atom. The highest BCUT2D eigenvalue weighted by atomic mass is 16.5. The molecule has 0 aliphatic heterocycles. The van der Waals surface area contributed by atoms with Crippen molar-refractivity contribution in [3.8, 4) is 0 Å². The van der Waals surface area contributed by atoms with Crippen LogP contribution in [0.3, 0.4) is 0 Å². The number of benzene rings is 1. The minimum atomic E-state index is 0.370. The fraction of sp³-hybridized carbons (Fsp3) is 0.429. The lowest BCUT2D eigenvalue weighted by atomic mass is 10.1. The first-order valence-corrected chi connectivity index (χ1v) is 6.15. The molecule has 0 saturated carbocycles. The second-order valence-electron chi connectivity index (χ2n) is 4.21. The molecule has 0 radical (unpaired) electrons. The summed E-state index contributed by atoms with van der Waals surface area (Å²) in [4.78, 5) is 3.31. The zero-order valence-electron chi connectivity index (χ0n) is 10.5. The lowest BCUT2D eigenvalue weighted by molar-refractivity contribution is 0.125. The van der Waals surface area contributed by atoms with Crippen LogP contribution >= 0.6 is 0 Å². The summed E-state index contributed by atoms with van der Waals surface area (Å²) in [5, 5.41) is 4.61. The third-order valence-corrected chi connectivity index (χ3v) is 3.07. The average molecular weight is 232 g/mol. The van der Waals surface area contributed by atoms with Gasteiger partial charge in [0.1, 0.15) is 0 Å². The van der Waals surface area contributed by atoms with Gasteiger partial charge < -0.3 is 15.0 Å². The van der Waals surface area contributed by atoms with Crippen molar-refractivity contribution in [3.63, 3.8) is 0 Å². The van der Waals surface area contributed by atoms with Gasteiger partial charge in [-0.25, -0.2) is 0 Å². The molecule has 2 aromatic rings. The number of para-hydroxylation sites is 1. The van der Waals surface area contributed by atoms with E-state index in [0.717, 1.165) is 19.6 Å². The Bertz CT molecular complexity index is 464. The number of aromatic nitrogens is 1. The van der Waals surface area contributed by atoms with Gasteiger partial charge in [-0.1, -0.05) is 18.2 Å². The summed E-state index contributed by atoms with van der Waals surface area (Å²) < 4.78 is 5.47. The first kappa shape index (κ1) is 12.1. The van der Waals surface area contributed by atoms with Crippen LogP contribution in [0.4, 0.5) is 0 Å². The van der Waals surface area contributed by atoms with Crippen LogP contribution in [-0.2, 0) is 11.2 Å². The Hall–Kier alpha value is -1.32. The lowest BCUT2D eigenvalue weighted by Gasteiger charge is -2.15. The van der Waals surface area contributed by atoms with E-state index in [9.17, 15) is 0 Å². The monoisotopic (exact) mass is 232 g/mol. The van der Waals surface area contributed by atoms with Gasteiger partial charge in [-0.3, -0.25) is 0 Å². The van der Waals surface area contributed by atoms with Gasteiger partial charge in [0.15, 0.2) is 0 Å². The van der Waals surface area contributed by atoms with Crippen LogP contribution in [0.1, 0.15) is 12.5 Å². The molecular formula is C14H20N2O. The topological polar surface area (TPSA) is 37.0 Å². The third-order valence-electron chi connectivity index (χ3n) is 3.07. The maximum absolute atomic E-state index is 5.47. The van der Waals surface area contributed by atoms with Crippen LogP contribution in [-0.4, -0.2) is 31.3 Å². The molecule has 0 aliphatic rings. The Balaban J connectivity index is 2.11. The summed E-state index contributed by atoms with van der Waals surface area (Å²) in [7, 11) is 1.98. The number of ether oxygens (including phenoxy) is 1. The number of likely N-dealkylation sites (N-methyl/N-ethyl adjacent to an activating group) is 1. The van der Waals surface area contributed by atoms with Gasteiger partial charge in [-0.15, -0.1) is 0 Å². The fourth-order valence-electron chi connectivity index (χ4n) is 2.07. The maximum atomic E-state index is 5.47. The molecule has 2 rings (SSSR count). The van der Waals surface area contributed by atoms with Gasteiger partial charge in [-0.2, -0.15) is 0 Å². The first-order valence-electron chi connectivity index (χ1n) is 6.15. The number of nitrogens with one attached hydrogen (secondary N) is 2. The lowest BCUT2D eigenvalue weighted by Crippen LogP contribution is -2.32. The average Bonchev–Trinajstić information content (AvgIpc) is 2.78. The van der Waals surface area contributed by atoms with Crippen LogP contribution in [0.5, 0.6) is 0 Å². The van der Waals surface area contributed by atoms with Crippen molar-refractivity contribution in [2.24, 2.45) is 0 Å². The predicted molar refractivity (Wildman–Crippen MR) is 71.3 cm³/mol. The van der Waals surface area contributed by atoms with Crippen LogP contribution in [0.2, 0.25) is 0 Å². The Morgan fingerprint density at radius 2 is 2.18 bits per heavy atom. The summed E-state index contributed by atoms with van der Waals surface area (Å²) in [5.41, 5.74) is 2.55. The van der Waals surface area contributed by atoms with E-state index in [1.165, 1.54) is 16.5 Å². The molecule has 3 heteroatoms. The molecule has 1 heterocycles. The van der Waals surface area contributed by atoms with Crippen molar-refractivity contribution in [2.45, 2.75) is 19.4 Å². The number of hydrogen-bond acceptors (Lipinski definition) is 2. The fourth-order valence-corrected chi connectivity index (χ4v) is 2.07. The molecular weight excluding hydrogens is 212 g/mol. The second kappa shape index (κ2) is 5.84. The van der Waals surface area contributed by atoms with E-state index in [-0.39, 0.29) is 0 Å². The molecule has 0 amide bonds. The highest BCUT2D eigenvalue weighted by molar-refractivity contribution is 5.83. The van der Waals surface area contributed by atoms with E-state index in [4.69, 9.17) is 4.74 Å². The molecule has 1 atom stereocenters. The molecule has 1 aromatic heterocycles. The number of hydrogen-bond donors (Lipinski definition) is 2. The van der Waals surface area contributed by atoms with E-state index in [1.807, 2.05) is 14.0 Å². The summed E-state index contributed by atoms with van der Waals surface area (Å²) >= 11 is 0. The summed E-state index contributed by atoms with van der Waals surface area (Å²) in [6.07, 6.45) is 3.08. The summed E-state index contributed by atoms with van der Waals surface area (Å²) in [5.74, 6) is 0. The summed E-state index contributed by atoms with van der Waals surface area (Å²) in [6, 6.07) is 8.77. The van der Waals surface area contributed by atoms with Crippen molar-refractivity contribution in [3.05, 3.63) is 36.0 Å². The maximum Gasteiger partial charge on any atom is 0.0622 e. The van der Waals surface area contributed by atoms with E-state index < -0.39 is 0 Å². The molecule has 0 spiro atoms. The minimum absolute atomic E-state index is 0.370. The molecule has 1 aromatic carbocycles. The van der Waals surface area contributed by atoms with Crippen LogP contribution in [0, 0.1) is 0 Å². The van der Waals surface area contributed by atoms with Crippen molar-refractivity contribution >= 4 is 10.9 Å². The Kier molecular flexibility index (Phi) is 4.18. The van der Waals surface area contributed by atoms with Gasteiger partial charge in [0.05, 0.1) is 6.61 Å². The van der Waals surface area contributed by atoms with Crippen molar-refractivity contribution in [1.82, 2.24) is 10.3 Å². The van der Waals surface area contributed by atoms with Gasteiger partial charge in [-0.05, 0) is 32.0 Å². The van der Waals surface area contributed by atoms with Crippen LogP contribution < -0.4 is 5.32 Å². The molecule has 3 nitrogen and oxygen atoms in total. The Morgan fingerprint density at radius 3 is 2.94 bits per heavy atom. The number of fused-ring (bicyclic) bond motifs is 1. The molecule has 0 fully saturated rings. The van der Waals surface area contributed by atoms with Crippen molar-refractivity contribution < 1.29 is 4.74 Å². The molecule has 0 aliphatic carbocycles. The van der Waals surface area contributed by atoms with E-state index in [2.05, 4.69) is 40.8 Å². The van der Waals surface area contributed by atoms with Gasteiger partial charge in [0.25, 0.3) is 0 Å². The van der Waals surface area contributed by atoms with Crippen molar-refractivity contribution in [1.29, 1.82) is 0 Å². The molecule has 17 heavy (non-hydrogen) atoms. The van der Waals surface area contributed by atoms with E-state index in [1.54, 1.807) is 0 Å². The number of aromatic amines is 1. The standard InChI is InChI=1S/C14H20N2O/c1-3-17-10-12(15-2)8-11-9-16-14-7-5-4-6-13(11)14/h4-7,9,12,15-16H,3,8,10H2,1-2H3. The SMILES string of the molecule is CCOCC(Cc1c[nH]c2ccccc12)NC. The molecule has 2 N–H and O–H groups in total. The second-order valence-corrected chi connectivity index (χ2v) is 4.21.